The van der Waals surface area contributed by atoms with Gasteiger partial charge in [-0.15, -0.1) is 11.3 Å². The van der Waals surface area contributed by atoms with E-state index in [4.69, 9.17) is 0 Å². The number of nitro groups is 1. The number of thiazole rings is 1. The number of nitro benzene ring substituents is 1. The van der Waals surface area contributed by atoms with Crippen molar-refractivity contribution in [1.29, 1.82) is 0 Å². The van der Waals surface area contributed by atoms with E-state index in [1.807, 2.05) is 0 Å². The van der Waals surface area contributed by atoms with Crippen molar-refractivity contribution in [3.63, 3.8) is 0 Å². The fourth-order valence-corrected chi connectivity index (χ4v) is 2.97. The Morgan fingerprint density at radius 3 is 2.80 bits per heavy atom. The summed E-state index contributed by atoms with van der Waals surface area (Å²) in [7, 11) is -3.91. The predicted molar refractivity (Wildman–Crippen MR) is 70.9 cm³/mol. The molecule has 0 aliphatic rings. The number of phenols is 1. The molecule has 0 bridgehead atoms. The Morgan fingerprint density at radius 2 is 2.20 bits per heavy atom. The molecule has 0 unspecified atom stereocenters. The summed E-state index contributed by atoms with van der Waals surface area (Å²) in [6.45, 7) is -0.0134. The zero-order valence-electron chi connectivity index (χ0n) is 9.88. The summed E-state index contributed by atoms with van der Waals surface area (Å²) in [5, 5.41) is 21.6. The Hall–Kier alpha value is -2.04. The van der Waals surface area contributed by atoms with Crippen molar-refractivity contribution in [2.75, 3.05) is 0 Å². The van der Waals surface area contributed by atoms with Crippen LogP contribution < -0.4 is 4.72 Å². The number of sulfonamides is 1. The fraction of sp³-hybridized carbons (Fsp3) is 0.100. The lowest BCUT2D eigenvalue weighted by molar-refractivity contribution is -0.386. The molecule has 8 nitrogen and oxygen atoms in total. The zero-order chi connectivity index (χ0) is 14.8. The number of benzene rings is 1. The Morgan fingerprint density at radius 1 is 1.45 bits per heavy atom. The molecule has 0 saturated heterocycles. The van der Waals surface area contributed by atoms with Crippen LogP contribution in [0.15, 0.2) is 34.0 Å². The van der Waals surface area contributed by atoms with Crippen molar-refractivity contribution in [3.8, 4) is 5.75 Å². The van der Waals surface area contributed by atoms with Gasteiger partial charge in [-0.3, -0.25) is 10.1 Å². The third kappa shape index (κ3) is 3.10. The minimum absolute atomic E-state index is 0.0134. The summed E-state index contributed by atoms with van der Waals surface area (Å²) in [4.78, 5) is 13.4. The van der Waals surface area contributed by atoms with Crippen molar-refractivity contribution in [3.05, 3.63) is 44.9 Å². The highest BCUT2D eigenvalue weighted by molar-refractivity contribution is 7.89. The maximum absolute atomic E-state index is 12.0. The fourth-order valence-electron chi connectivity index (χ4n) is 1.39. The monoisotopic (exact) mass is 315 g/mol. The molecule has 106 valence electrons. The second kappa shape index (κ2) is 5.53. The summed E-state index contributed by atoms with van der Waals surface area (Å²) in [6, 6.07) is 2.86. The average Bonchev–Trinajstić information content (AvgIpc) is 2.89. The molecule has 2 aromatic rings. The Labute approximate surface area is 117 Å². The number of phenolic OH excluding ortho intramolecular Hbond substituents is 1. The van der Waals surface area contributed by atoms with Crippen LogP contribution in [0.3, 0.4) is 0 Å². The van der Waals surface area contributed by atoms with Crippen LogP contribution in [0.2, 0.25) is 0 Å². The average molecular weight is 315 g/mol. The molecule has 0 fully saturated rings. The molecule has 0 saturated carbocycles. The van der Waals surface area contributed by atoms with Crippen LogP contribution in [-0.2, 0) is 16.6 Å². The van der Waals surface area contributed by atoms with Crippen LogP contribution in [0.4, 0.5) is 5.69 Å². The van der Waals surface area contributed by atoms with Crippen LogP contribution in [0, 0.1) is 10.1 Å². The number of nitrogens with zero attached hydrogens (tertiary/aromatic N) is 2. The molecular weight excluding hydrogens is 306 g/mol. The van der Waals surface area contributed by atoms with E-state index in [1.165, 1.54) is 11.3 Å². The van der Waals surface area contributed by atoms with Gasteiger partial charge in [0.25, 0.3) is 0 Å². The van der Waals surface area contributed by atoms with Gasteiger partial charge in [-0.2, -0.15) is 0 Å². The number of hydrogen-bond donors (Lipinski definition) is 2. The van der Waals surface area contributed by atoms with E-state index >= 15 is 0 Å². The first-order valence-corrected chi connectivity index (χ1v) is 7.67. The Bertz CT molecular complexity index is 727. The third-order valence-electron chi connectivity index (χ3n) is 2.38. The highest BCUT2D eigenvalue weighted by atomic mass is 32.2. The Balaban J connectivity index is 2.25. The molecule has 0 radical (unpaired) electrons. The van der Waals surface area contributed by atoms with Gasteiger partial charge in [0.1, 0.15) is 0 Å². The highest BCUT2D eigenvalue weighted by Crippen LogP contribution is 2.28. The van der Waals surface area contributed by atoms with Gasteiger partial charge in [-0.25, -0.2) is 18.1 Å². The maximum atomic E-state index is 12.0. The van der Waals surface area contributed by atoms with Crippen molar-refractivity contribution < 1.29 is 18.4 Å². The van der Waals surface area contributed by atoms with Gasteiger partial charge in [-0.05, 0) is 12.1 Å². The molecule has 2 rings (SSSR count). The quantitative estimate of drug-likeness (QED) is 0.632. The van der Waals surface area contributed by atoms with E-state index < -0.39 is 26.4 Å². The first-order valence-electron chi connectivity index (χ1n) is 5.24. The van der Waals surface area contributed by atoms with Crippen LogP contribution in [0.1, 0.15) is 5.69 Å². The van der Waals surface area contributed by atoms with Crippen molar-refractivity contribution in [1.82, 2.24) is 9.71 Å². The van der Waals surface area contributed by atoms with Gasteiger partial charge in [0, 0.05) is 11.4 Å². The third-order valence-corrected chi connectivity index (χ3v) is 4.41. The zero-order valence-corrected chi connectivity index (χ0v) is 11.5. The summed E-state index contributed by atoms with van der Waals surface area (Å²) in [5.74, 6) is -0.589. The summed E-state index contributed by atoms with van der Waals surface area (Å²) in [5.41, 5.74) is 1.45. The number of hydrogen-bond acceptors (Lipinski definition) is 7. The molecule has 0 aliphatic carbocycles. The van der Waals surface area contributed by atoms with Crippen molar-refractivity contribution in [2.24, 2.45) is 0 Å². The number of nitrogens with one attached hydrogen (secondary N) is 1. The van der Waals surface area contributed by atoms with Gasteiger partial charge in [0.2, 0.25) is 10.0 Å². The summed E-state index contributed by atoms with van der Waals surface area (Å²) >= 11 is 1.33. The number of rotatable bonds is 5. The Kier molecular flexibility index (Phi) is 3.97. The molecule has 1 aromatic heterocycles. The molecular formula is C10H9N3O5S2. The molecule has 0 aliphatic heterocycles. The first-order chi connectivity index (χ1) is 9.40. The lowest BCUT2D eigenvalue weighted by Crippen LogP contribution is -2.23. The van der Waals surface area contributed by atoms with Crippen molar-refractivity contribution >= 4 is 27.0 Å². The van der Waals surface area contributed by atoms with Crippen molar-refractivity contribution in [2.45, 2.75) is 11.4 Å². The molecule has 0 atom stereocenters. The van der Waals surface area contributed by atoms with Crippen LogP contribution in [0.5, 0.6) is 5.75 Å². The second-order valence-electron chi connectivity index (χ2n) is 3.71. The van der Waals surface area contributed by atoms with Crippen LogP contribution in [0.25, 0.3) is 0 Å². The topological polar surface area (TPSA) is 122 Å². The van der Waals surface area contributed by atoms with Crippen LogP contribution >= 0.6 is 11.3 Å². The maximum Gasteiger partial charge on any atom is 0.312 e. The van der Waals surface area contributed by atoms with E-state index in [0.29, 0.717) is 5.69 Å². The van der Waals surface area contributed by atoms with E-state index in [0.717, 1.165) is 18.2 Å². The van der Waals surface area contributed by atoms with E-state index in [1.54, 1.807) is 10.9 Å². The van der Waals surface area contributed by atoms with Gasteiger partial charge in [0.15, 0.2) is 5.75 Å². The molecule has 2 N–H and O–H groups in total. The molecule has 1 heterocycles. The normalized spacial score (nSPS) is 11.4. The van der Waals surface area contributed by atoms with E-state index in [2.05, 4.69) is 9.71 Å². The van der Waals surface area contributed by atoms with Gasteiger partial charge >= 0.3 is 5.69 Å². The molecule has 1 aromatic carbocycles. The molecule has 10 heteroatoms. The molecule has 0 amide bonds. The number of aromatic hydroxyl groups is 1. The summed E-state index contributed by atoms with van der Waals surface area (Å²) < 4.78 is 26.2. The highest BCUT2D eigenvalue weighted by Gasteiger charge is 2.21. The molecule has 20 heavy (non-hydrogen) atoms. The lowest BCUT2D eigenvalue weighted by Gasteiger charge is -2.05. The predicted octanol–water partition coefficient (Wildman–Crippen LogP) is 1.24. The van der Waals surface area contributed by atoms with Gasteiger partial charge in [-0.1, -0.05) is 0 Å². The van der Waals surface area contributed by atoms with Gasteiger partial charge < -0.3 is 5.11 Å². The molecule has 0 spiro atoms. The second-order valence-corrected chi connectivity index (χ2v) is 6.20. The smallest absolute Gasteiger partial charge is 0.312 e. The van der Waals surface area contributed by atoms with Crippen LogP contribution in [-0.4, -0.2) is 23.4 Å². The summed E-state index contributed by atoms with van der Waals surface area (Å²) in [6.07, 6.45) is 0. The largest absolute Gasteiger partial charge is 0.502 e. The standard InChI is InChI=1S/C10H9N3O5S2/c14-10-2-1-8(3-9(10)13(15)16)20(17,18)12-4-7-5-19-6-11-7/h1-3,5-6,12,14H,4H2. The van der Waals surface area contributed by atoms with Gasteiger partial charge in [0.05, 0.1) is 27.6 Å². The lowest BCUT2D eigenvalue weighted by atomic mass is 10.3. The van der Waals surface area contributed by atoms with E-state index in [9.17, 15) is 23.6 Å². The SMILES string of the molecule is O=[N+]([O-])c1cc(S(=O)(=O)NCc2cscn2)ccc1O. The minimum Gasteiger partial charge on any atom is -0.502 e. The first kappa shape index (κ1) is 14.4. The van der Waals surface area contributed by atoms with E-state index in [-0.39, 0.29) is 11.4 Å². The minimum atomic E-state index is -3.91. The number of aromatic nitrogens is 1.